The number of carbonyl (C=O) groups excluding carboxylic acids is 4. The Kier molecular flexibility index (Phi) is 10.3. The summed E-state index contributed by atoms with van der Waals surface area (Å²) in [5.74, 6) is -3.92. The monoisotopic (exact) mass is 618 g/mol. The van der Waals surface area contributed by atoms with Crippen LogP contribution < -0.4 is 10.0 Å². The molecular weight excluding hydrogens is 579 g/mol. The number of nitrogens with zero attached hydrogens (tertiary/aromatic N) is 2. The smallest absolute Gasteiger partial charge is 0.411 e. The SMILES string of the molecule is C=CCCCCN(C)C(=O)C1CC(OC(=O)Nc2ccccc2F)CC1C(=O)N(C(=O)NS(=O)(=O)C1CC1)C1CC1C=C. The van der Waals surface area contributed by atoms with Gasteiger partial charge in [-0.15, -0.1) is 13.2 Å². The fraction of sp³-hybridized carbons (Fsp3) is 0.533. The molecule has 5 unspecified atom stereocenters. The molecule has 13 heteroatoms. The van der Waals surface area contributed by atoms with E-state index in [1.54, 1.807) is 25.3 Å². The van der Waals surface area contributed by atoms with Crippen LogP contribution in [0.5, 0.6) is 0 Å². The van der Waals surface area contributed by atoms with Crippen LogP contribution in [0.15, 0.2) is 49.6 Å². The number of urea groups is 1. The molecule has 0 aliphatic heterocycles. The Morgan fingerprint density at radius 1 is 1.05 bits per heavy atom. The normalized spacial score (nSPS) is 24.4. The largest absolute Gasteiger partial charge is 0.446 e. The number of nitrogens with one attached hydrogen (secondary N) is 2. The third-order valence-electron chi connectivity index (χ3n) is 8.15. The number of sulfonamides is 1. The summed E-state index contributed by atoms with van der Waals surface area (Å²) in [6, 6.07) is 3.89. The number of ether oxygens (including phenoxy) is 1. The number of amides is 5. The van der Waals surface area contributed by atoms with E-state index in [1.807, 2.05) is 4.72 Å². The first-order valence-electron chi connectivity index (χ1n) is 14.6. The number of hydrogen-bond donors (Lipinski definition) is 2. The van der Waals surface area contributed by atoms with E-state index < -0.39 is 63.1 Å². The molecule has 2 N–H and O–H groups in total. The van der Waals surface area contributed by atoms with E-state index in [-0.39, 0.29) is 30.4 Å². The maximum absolute atomic E-state index is 14.1. The number of carbonyl (C=O) groups is 4. The minimum atomic E-state index is -3.95. The van der Waals surface area contributed by atoms with Crippen molar-refractivity contribution in [2.75, 3.05) is 18.9 Å². The summed E-state index contributed by atoms with van der Waals surface area (Å²) < 4.78 is 46.7. The molecular formula is C30H39FN4O7S. The summed E-state index contributed by atoms with van der Waals surface area (Å²) in [7, 11) is -2.32. The van der Waals surface area contributed by atoms with Crippen molar-refractivity contribution < 1.29 is 36.7 Å². The third kappa shape index (κ3) is 8.01. The maximum atomic E-state index is 14.1. The molecule has 3 aliphatic carbocycles. The lowest BCUT2D eigenvalue weighted by Gasteiger charge is -2.29. The summed E-state index contributed by atoms with van der Waals surface area (Å²) >= 11 is 0. The van der Waals surface area contributed by atoms with Crippen molar-refractivity contribution in [3.63, 3.8) is 0 Å². The quantitative estimate of drug-likeness (QED) is 0.249. The Morgan fingerprint density at radius 3 is 2.33 bits per heavy atom. The van der Waals surface area contributed by atoms with Crippen molar-refractivity contribution in [2.45, 2.75) is 68.8 Å². The van der Waals surface area contributed by atoms with Gasteiger partial charge < -0.3 is 9.64 Å². The first-order chi connectivity index (χ1) is 20.5. The first kappa shape index (κ1) is 32.2. The van der Waals surface area contributed by atoms with Crippen LogP contribution in [0.2, 0.25) is 0 Å². The van der Waals surface area contributed by atoms with Crippen molar-refractivity contribution in [3.05, 3.63) is 55.4 Å². The van der Waals surface area contributed by atoms with Gasteiger partial charge in [0.25, 0.3) is 0 Å². The molecule has 11 nitrogen and oxygen atoms in total. The van der Waals surface area contributed by atoms with Gasteiger partial charge in [0.15, 0.2) is 0 Å². The summed E-state index contributed by atoms with van der Waals surface area (Å²) in [5.41, 5.74) is -0.0890. The molecule has 3 fully saturated rings. The van der Waals surface area contributed by atoms with Crippen LogP contribution in [0.25, 0.3) is 0 Å². The molecule has 1 aromatic rings. The van der Waals surface area contributed by atoms with Gasteiger partial charge >= 0.3 is 12.1 Å². The molecule has 0 radical (unpaired) electrons. The minimum Gasteiger partial charge on any atom is -0.446 e. The fourth-order valence-corrected chi connectivity index (χ4v) is 6.76. The summed E-state index contributed by atoms with van der Waals surface area (Å²) in [4.78, 5) is 56.0. The number of para-hydroxylation sites is 1. The molecule has 0 aromatic heterocycles. The van der Waals surface area contributed by atoms with Crippen LogP contribution in [0.3, 0.4) is 0 Å². The lowest BCUT2D eigenvalue weighted by molar-refractivity contribution is -0.143. The molecule has 4 rings (SSSR count). The van der Waals surface area contributed by atoms with Crippen molar-refractivity contribution in [1.82, 2.24) is 14.5 Å². The highest BCUT2D eigenvalue weighted by atomic mass is 32.2. The van der Waals surface area contributed by atoms with Crippen molar-refractivity contribution in [2.24, 2.45) is 17.8 Å². The molecule has 3 aliphatic rings. The number of imide groups is 1. The lowest BCUT2D eigenvalue weighted by atomic mass is 9.93. The van der Waals surface area contributed by atoms with Gasteiger partial charge in [-0.3, -0.25) is 19.8 Å². The van der Waals surface area contributed by atoms with Crippen LogP contribution in [-0.4, -0.2) is 73.1 Å². The van der Waals surface area contributed by atoms with Crippen LogP contribution >= 0.6 is 0 Å². The second-order valence-corrected chi connectivity index (χ2v) is 13.4. The average Bonchev–Trinajstić information content (AvgIpc) is 3.89. The summed E-state index contributed by atoms with van der Waals surface area (Å²) in [6.07, 6.45) is 5.08. The highest BCUT2D eigenvalue weighted by molar-refractivity contribution is 7.90. The number of halogens is 1. The molecule has 43 heavy (non-hydrogen) atoms. The molecule has 1 aromatic carbocycles. The number of rotatable bonds is 13. The van der Waals surface area contributed by atoms with Crippen molar-refractivity contribution >= 4 is 39.6 Å². The second-order valence-electron chi connectivity index (χ2n) is 11.4. The fourth-order valence-electron chi connectivity index (χ4n) is 5.49. The molecule has 234 valence electrons. The molecule has 3 saturated carbocycles. The zero-order valence-electron chi connectivity index (χ0n) is 24.2. The van der Waals surface area contributed by atoms with Gasteiger partial charge in [-0.2, -0.15) is 0 Å². The molecule has 0 saturated heterocycles. The van der Waals surface area contributed by atoms with Gasteiger partial charge in [0.05, 0.1) is 22.8 Å². The molecule has 0 heterocycles. The third-order valence-corrected chi connectivity index (χ3v) is 9.96. The second kappa shape index (κ2) is 13.7. The van der Waals surface area contributed by atoms with Crippen LogP contribution in [0.4, 0.5) is 19.7 Å². The lowest BCUT2D eigenvalue weighted by Crippen LogP contribution is -2.51. The zero-order valence-corrected chi connectivity index (χ0v) is 25.1. The van der Waals surface area contributed by atoms with E-state index in [0.717, 1.165) is 17.7 Å². The summed E-state index contributed by atoms with van der Waals surface area (Å²) in [5, 5.41) is 1.66. The Bertz CT molecular complexity index is 1370. The zero-order chi connectivity index (χ0) is 31.3. The summed E-state index contributed by atoms with van der Waals surface area (Å²) in [6.45, 7) is 7.85. The number of benzene rings is 1. The minimum absolute atomic E-state index is 0.00230. The van der Waals surface area contributed by atoms with Crippen LogP contribution in [0, 0.1) is 23.6 Å². The highest BCUT2D eigenvalue weighted by Crippen LogP contribution is 2.42. The predicted molar refractivity (Wildman–Crippen MR) is 158 cm³/mol. The van der Waals surface area contributed by atoms with E-state index in [2.05, 4.69) is 18.5 Å². The van der Waals surface area contributed by atoms with Gasteiger partial charge in [-0.1, -0.05) is 24.3 Å². The Morgan fingerprint density at radius 2 is 1.72 bits per heavy atom. The Labute approximate surface area is 251 Å². The van der Waals surface area contributed by atoms with Gasteiger partial charge in [0.1, 0.15) is 11.9 Å². The van der Waals surface area contributed by atoms with Crippen LogP contribution in [-0.2, 0) is 24.3 Å². The first-order valence-corrected chi connectivity index (χ1v) is 16.1. The van der Waals surface area contributed by atoms with E-state index in [0.29, 0.717) is 32.2 Å². The van der Waals surface area contributed by atoms with E-state index in [4.69, 9.17) is 4.74 Å². The Balaban J connectivity index is 1.54. The Hall–Kier alpha value is -3.74. The number of hydrogen-bond acceptors (Lipinski definition) is 7. The molecule has 0 spiro atoms. The van der Waals surface area contributed by atoms with Crippen molar-refractivity contribution in [1.29, 1.82) is 0 Å². The van der Waals surface area contributed by atoms with Gasteiger partial charge in [0, 0.05) is 19.6 Å². The highest BCUT2D eigenvalue weighted by Gasteiger charge is 2.53. The maximum Gasteiger partial charge on any atom is 0.411 e. The van der Waals surface area contributed by atoms with Gasteiger partial charge in [-0.25, -0.2) is 27.1 Å². The molecule has 5 amide bonds. The molecule has 0 bridgehead atoms. The number of allylic oxidation sites excluding steroid dienone is 1. The topological polar surface area (TPSA) is 142 Å². The van der Waals surface area contributed by atoms with Crippen molar-refractivity contribution in [3.8, 4) is 0 Å². The predicted octanol–water partition coefficient (Wildman–Crippen LogP) is 4.19. The van der Waals surface area contributed by atoms with E-state index in [9.17, 15) is 32.0 Å². The van der Waals surface area contributed by atoms with Gasteiger partial charge in [0.2, 0.25) is 21.8 Å². The standard InChI is InChI=1S/C30H39FN4O7S/c1-4-6-7-10-15-34(3)27(36)22-17-20(42-30(39)32-25-12-9-8-11-24(25)31)18-23(22)28(37)35(26-16-19(26)5-2)29(38)33-43(40,41)21-13-14-21/h4-5,8-9,11-12,19-23,26H,1-2,6-7,10,13-18H2,3H3,(H,32,39)(H,33,38). The van der Waals surface area contributed by atoms with E-state index in [1.165, 1.54) is 23.1 Å². The average molecular weight is 619 g/mol. The van der Waals surface area contributed by atoms with E-state index >= 15 is 0 Å². The van der Waals surface area contributed by atoms with Gasteiger partial charge in [-0.05, 0) is 69.4 Å². The number of unbranched alkanes of at least 4 members (excludes halogenated alkanes) is 2. The van der Waals surface area contributed by atoms with Crippen LogP contribution in [0.1, 0.15) is 51.4 Å². The number of anilines is 1. The molecule has 5 atom stereocenters.